The van der Waals surface area contributed by atoms with Crippen LogP contribution in [0.3, 0.4) is 0 Å². The van der Waals surface area contributed by atoms with Crippen LogP contribution in [0.25, 0.3) is 0 Å². The molecule has 3 rings (SSSR count). The zero-order valence-corrected chi connectivity index (χ0v) is 15.9. The van der Waals surface area contributed by atoms with Crippen molar-refractivity contribution in [1.29, 1.82) is 0 Å². The van der Waals surface area contributed by atoms with Crippen molar-refractivity contribution in [2.75, 3.05) is 5.32 Å². The first kappa shape index (κ1) is 19.3. The Bertz CT molecular complexity index is 1020. The Hall–Kier alpha value is -3.44. The fourth-order valence-corrected chi connectivity index (χ4v) is 2.61. The molecule has 0 aromatic heterocycles. The molecule has 0 fully saturated rings. The van der Waals surface area contributed by atoms with Gasteiger partial charge in [0.05, 0.1) is 5.71 Å². The molecule has 0 heterocycles. The van der Waals surface area contributed by atoms with E-state index in [9.17, 15) is 9.59 Å². The van der Waals surface area contributed by atoms with Crippen molar-refractivity contribution in [2.45, 2.75) is 6.92 Å². The van der Waals surface area contributed by atoms with Gasteiger partial charge in [0.25, 0.3) is 11.8 Å². The number of hydrazone groups is 1. The number of hydrogen-bond donors (Lipinski definition) is 2. The standard InChI is InChI=1S/C22H18ClN3O2/c1-15(25-26-22(28)16-6-3-2-4-7-16)18-8-5-9-20(14-18)24-21(27)17-10-12-19(23)13-11-17/h2-14H,1H3,(H,24,27)(H,26,28). The molecule has 0 saturated heterocycles. The highest BCUT2D eigenvalue weighted by atomic mass is 35.5. The van der Waals surface area contributed by atoms with Gasteiger partial charge in [0.1, 0.15) is 0 Å². The molecule has 0 radical (unpaired) electrons. The molecule has 0 saturated carbocycles. The maximum absolute atomic E-state index is 12.3. The van der Waals surface area contributed by atoms with Crippen LogP contribution in [0.2, 0.25) is 5.02 Å². The largest absolute Gasteiger partial charge is 0.322 e. The van der Waals surface area contributed by atoms with Crippen LogP contribution in [0.1, 0.15) is 33.2 Å². The van der Waals surface area contributed by atoms with Crippen LogP contribution in [0.5, 0.6) is 0 Å². The fraction of sp³-hybridized carbons (Fsp3) is 0.0455. The Balaban J connectivity index is 1.69. The number of halogens is 1. The topological polar surface area (TPSA) is 70.6 Å². The summed E-state index contributed by atoms with van der Waals surface area (Å²) < 4.78 is 0. The number of amides is 2. The first-order chi connectivity index (χ1) is 13.5. The van der Waals surface area contributed by atoms with E-state index < -0.39 is 0 Å². The highest BCUT2D eigenvalue weighted by molar-refractivity contribution is 6.30. The molecular weight excluding hydrogens is 374 g/mol. The van der Waals surface area contributed by atoms with Gasteiger partial charge in [-0.05, 0) is 61.0 Å². The lowest BCUT2D eigenvalue weighted by molar-refractivity contribution is 0.0954. The van der Waals surface area contributed by atoms with Crippen LogP contribution in [-0.2, 0) is 0 Å². The zero-order valence-electron chi connectivity index (χ0n) is 15.1. The molecular formula is C22H18ClN3O2. The highest BCUT2D eigenvalue weighted by Crippen LogP contribution is 2.15. The van der Waals surface area contributed by atoms with Gasteiger partial charge in [0, 0.05) is 21.8 Å². The van der Waals surface area contributed by atoms with Gasteiger partial charge < -0.3 is 5.32 Å². The van der Waals surface area contributed by atoms with Crippen molar-refractivity contribution >= 4 is 34.8 Å². The quantitative estimate of drug-likeness (QED) is 0.487. The molecule has 3 aromatic carbocycles. The van der Waals surface area contributed by atoms with E-state index in [-0.39, 0.29) is 11.8 Å². The molecule has 0 aliphatic heterocycles. The van der Waals surface area contributed by atoms with Crippen molar-refractivity contribution in [1.82, 2.24) is 5.43 Å². The monoisotopic (exact) mass is 391 g/mol. The van der Waals surface area contributed by atoms with E-state index in [1.54, 1.807) is 67.6 Å². The summed E-state index contributed by atoms with van der Waals surface area (Å²) in [6, 6.07) is 22.7. The number of anilines is 1. The lowest BCUT2D eigenvalue weighted by Crippen LogP contribution is -2.19. The first-order valence-corrected chi connectivity index (χ1v) is 8.98. The van der Waals surface area contributed by atoms with Gasteiger partial charge in [-0.2, -0.15) is 5.10 Å². The third-order valence-corrected chi connectivity index (χ3v) is 4.26. The van der Waals surface area contributed by atoms with Gasteiger partial charge in [-0.1, -0.05) is 41.9 Å². The predicted molar refractivity (Wildman–Crippen MR) is 112 cm³/mol. The fourth-order valence-electron chi connectivity index (χ4n) is 2.48. The first-order valence-electron chi connectivity index (χ1n) is 8.60. The van der Waals surface area contributed by atoms with Crippen molar-refractivity contribution in [3.8, 4) is 0 Å². The average molecular weight is 392 g/mol. The number of rotatable bonds is 5. The summed E-state index contributed by atoms with van der Waals surface area (Å²) in [5.41, 5.74) is 5.60. The van der Waals surface area contributed by atoms with E-state index in [1.807, 2.05) is 18.2 Å². The van der Waals surface area contributed by atoms with E-state index in [0.717, 1.165) is 5.56 Å². The van der Waals surface area contributed by atoms with E-state index in [2.05, 4.69) is 15.8 Å². The second-order valence-corrected chi connectivity index (χ2v) is 6.48. The number of nitrogens with one attached hydrogen (secondary N) is 2. The molecule has 2 N–H and O–H groups in total. The SMILES string of the molecule is CC(=NNC(=O)c1ccccc1)c1cccc(NC(=O)c2ccc(Cl)cc2)c1. The average Bonchev–Trinajstić information content (AvgIpc) is 2.73. The minimum atomic E-state index is -0.285. The summed E-state index contributed by atoms with van der Waals surface area (Å²) in [6.45, 7) is 1.78. The molecule has 3 aromatic rings. The third-order valence-electron chi connectivity index (χ3n) is 4.01. The molecule has 0 aliphatic carbocycles. The maximum Gasteiger partial charge on any atom is 0.271 e. The minimum Gasteiger partial charge on any atom is -0.322 e. The number of benzene rings is 3. The smallest absolute Gasteiger partial charge is 0.271 e. The normalized spacial score (nSPS) is 11.0. The molecule has 2 amide bonds. The summed E-state index contributed by atoms with van der Waals surface area (Å²) in [6.07, 6.45) is 0. The van der Waals surface area contributed by atoms with E-state index >= 15 is 0 Å². The van der Waals surface area contributed by atoms with E-state index in [4.69, 9.17) is 11.6 Å². The molecule has 6 heteroatoms. The number of hydrogen-bond acceptors (Lipinski definition) is 3. The Morgan fingerprint density at radius 3 is 2.14 bits per heavy atom. The molecule has 0 bridgehead atoms. The third kappa shape index (κ3) is 5.05. The Morgan fingerprint density at radius 2 is 1.43 bits per heavy atom. The summed E-state index contributed by atoms with van der Waals surface area (Å²) in [7, 11) is 0. The molecule has 0 unspecified atom stereocenters. The van der Waals surface area contributed by atoms with Crippen LogP contribution >= 0.6 is 11.6 Å². The lowest BCUT2D eigenvalue weighted by atomic mass is 10.1. The number of carbonyl (C=O) groups is 2. The minimum absolute atomic E-state index is 0.235. The second kappa shape index (κ2) is 8.97. The molecule has 0 aliphatic rings. The number of nitrogens with zero attached hydrogens (tertiary/aromatic N) is 1. The van der Waals surface area contributed by atoms with Crippen molar-refractivity contribution in [3.63, 3.8) is 0 Å². The number of carbonyl (C=O) groups excluding carboxylic acids is 2. The molecule has 28 heavy (non-hydrogen) atoms. The van der Waals surface area contributed by atoms with Crippen LogP contribution in [0.15, 0.2) is 84.0 Å². The second-order valence-electron chi connectivity index (χ2n) is 6.05. The van der Waals surface area contributed by atoms with Crippen molar-refractivity contribution < 1.29 is 9.59 Å². The van der Waals surface area contributed by atoms with Crippen LogP contribution < -0.4 is 10.7 Å². The Labute approximate surface area is 168 Å². The van der Waals surface area contributed by atoms with E-state index in [0.29, 0.717) is 27.5 Å². The van der Waals surface area contributed by atoms with Crippen LogP contribution in [0, 0.1) is 0 Å². The van der Waals surface area contributed by atoms with Crippen LogP contribution in [0.4, 0.5) is 5.69 Å². The van der Waals surface area contributed by atoms with Crippen molar-refractivity contribution in [2.24, 2.45) is 5.10 Å². The van der Waals surface area contributed by atoms with Gasteiger partial charge in [0.2, 0.25) is 0 Å². The summed E-state index contributed by atoms with van der Waals surface area (Å²) in [5, 5.41) is 7.56. The van der Waals surface area contributed by atoms with Gasteiger partial charge >= 0.3 is 0 Å². The van der Waals surface area contributed by atoms with Crippen LogP contribution in [-0.4, -0.2) is 17.5 Å². The Kier molecular flexibility index (Phi) is 6.19. The van der Waals surface area contributed by atoms with Gasteiger partial charge in [-0.3, -0.25) is 9.59 Å². The summed E-state index contributed by atoms with van der Waals surface area (Å²) in [4.78, 5) is 24.4. The maximum atomic E-state index is 12.3. The summed E-state index contributed by atoms with van der Waals surface area (Å²) >= 11 is 5.85. The summed E-state index contributed by atoms with van der Waals surface area (Å²) in [5.74, 6) is -0.520. The van der Waals surface area contributed by atoms with Gasteiger partial charge in [-0.15, -0.1) is 0 Å². The zero-order chi connectivity index (χ0) is 19.9. The molecule has 5 nitrogen and oxygen atoms in total. The lowest BCUT2D eigenvalue weighted by Gasteiger charge is -2.08. The van der Waals surface area contributed by atoms with Gasteiger partial charge in [-0.25, -0.2) is 5.43 Å². The highest BCUT2D eigenvalue weighted by Gasteiger charge is 2.08. The van der Waals surface area contributed by atoms with Crippen molar-refractivity contribution in [3.05, 3.63) is 101 Å². The molecule has 0 atom stereocenters. The van der Waals surface area contributed by atoms with E-state index in [1.165, 1.54) is 0 Å². The molecule has 0 spiro atoms. The molecule has 140 valence electrons. The predicted octanol–water partition coefficient (Wildman–Crippen LogP) is 4.75. The van der Waals surface area contributed by atoms with Gasteiger partial charge in [0.15, 0.2) is 0 Å². The Morgan fingerprint density at radius 1 is 0.786 bits per heavy atom.